The van der Waals surface area contributed by atoms with Crippen LogP contribution >= 0.6 is 0 Å². The Bertz CT molecular complexity index is 1270. The maximum atomic E-state index is 13.5. The number of rotatable bonds is 5. The van der Waals surface area contributed by atoms with Crippen molar-refractivity contribution in [3.05, 3.63) is 107 Å². The normalized spacial score (nSPS) is 20.2. The highest BCUT2D eigenvalue weighted by atomic mass is 19.1. The number of nitrogens with one attached hydrogen (secondary N) is 1. The Balaban J connectivity index is 1.37. The summed E-state index contributed by atoms with van der Waals surface area (Å²) in [6.07, 6.45) is 11.0. The highest BCUT2D eigenvalue weighted by Gasteiger charge is 2.43. The number of aromatic amines is 1. The summed E-state index contributed by atoms with van der Waals surface area (Å²) in [4.78, 5) is 9.99. The van der Waals surface area contributed by atoms with Crippen LogP contribution in [0, 0.1) is 11.2 Å². The third-order valence-electron chi connectivity index (χ3n) is 7.04. The van der Waals surface area contributed by atoms with Gasteiger partial charge in [-0.1, -0.05) is 35.9 Å². The van der Waals surface area contributed by atoms with Gasteiger partial charge in [0, 0.05) is 36.9 Å². The molecule has 33 heavy (non-hydrogen) atoms. The topological polar surface area (TPSA) is 49.7 Å². The number of hydrogen-bond acceptors (Lipinski definition) is 3. The number of H-pyrrole nitrogens is 1. The summed E-state index contributed by atoms with van der Waals surface area (Å²) >= 11 is 0. The standard InChI is InChI=1S/C27H26FN5/c28-23-6-8-25(9-7-23)33-26-12-22-10-11-32(17-24-16-29-19-30-24)18-27(22,14-21(26)15-31-33)13-20-4-2-1-3-5-20/h1-9,12,15-16,19H,10-11,13-14,17-18H2,(H,29,30). The average Bonchev–Trinajstić information content (AvgIpc) is 3.48. The second-order valence-electron chi connectivity index (χ2n) is 9.27. The van der Waals surface area contributed by atoms with E-state index in [-0.39, 0.29) is 11.2 Å². The van der Waals surface area contributed by atoms with E-state index in [0.717, 1.165) is 56.0 Å². The molecule has 1 aliphatic carbocycles. The molecule has 0 bridgehead atoms. The van der Waals surface area contributed by atoms with Crippen LogP contribution in [0.15, 0.2) is 78.9 Å². The minimum Gasteiger partial charge on any atom is -0.347 e. The minimum absolute atomic E-state index is 0.0310. The Labute approximate surface area is 192 Å². The molecule has 1 unspecified atom stereocenters. The smallest absolute Gasteiger partial charge is 0.123 e. The zero-order chi connectivity index (χ0) is 22.3. The molecule has 1 fully saturated rings. The maximum absolute atomic E-state index is 13.5. The van der Waals surface area contributed by atoms with Gasteiger partial charge in [-0.15, -0.1) is 0 Å². The van der Waals surface area contributed by atoms with Gasteiger partial charge in [-0.3, -0.25) is 4.90 Å². The van der Waals surface area contributed by atoms with Crippen molar-refractivity contribution in [1.82, 2.24) is 24.6 Å². The van der Waals surface area contributed by atoms with Crippen LogP contribution in [0.3, 0.4) is 0 Å². The highest BCUT2D eigenvalue weighted by molar-refractivity contribution is 5.62. The number of likely N-dealkylation sites (tertiary alicyclic amines) is 1. The fraction of sp³-hybridized carbons (Fsp3) is 0.259. The summed E-state index contributed by atoms with van der Waals surface area (Å²) in [6.45, 7) is 2.89. The van der Waals surface area contributed by atoms with Crippen molar-refractivity contribution in [2.75, 3.05) is 13.1 Å². The molecule has 3 heterocycles. The van der Waals surface area contributed by atoms with Crippen molar-refractivity contribution in [3.8, 4) is 5.69 Å². The van der Waals surface area contributed by atoms with Gasteiger partial charge in [-0.25, -0.2) is 14.1 Å². The zero-order valence-corrected chi connectivity index (χ0v) is 18.4. The van der Waals surface area contributed by atoms with E-state index >= 15 is 0 Å². The third kappa shape index (κ3) is 3.80. The van der Waals surface area contributed by atoms with E-state index in [1.807, 2.05) is 17.1 Å². The summed E-state index contributed by atoms with van der Waals surface area (Å²) in [7, 11) is 0. The van der Waals surface area contributed by atoms with Crippen molar-refractivity contribution in [3.63, 3.8) is 0 Å². The zero-order valence-electron chi connectivity index (χ0n) is 18.4. The first-order chi connectivity index (χ1) is 16.2. The molecule has 2 aromatic heterocycles. The van der Waals surface area contributed by atoms with E-state index in [9.17, 15) is 4.39 Å². The Morgan fingerprint density at radius 1 is 1.03 bits per heavy atom. The van der Waals surface area contributed by atoms with E-state index in [1.165, 1.54) is 28.8 Å². The Hall–Kier alpha value is -3.51. The number of piperidine rings is 1. The molecule has 2 aliphatic rings. The largest absolute Gasteiger partial charge is 0.347 e. The minimum atomic E-state index is -0.232. The average molecular weight is 440 g/mol. The molecule has 2 aromatic carbocycles. The first kappa shape index (κ1) is 20.1. The molecule has 0 spiro atoms. The molecule has 0 amide bonds. The summed E-state index contributed by atoms with van der Waals surface area (Å²) in [5, 5.41) is 4.70. The Morgan fingerprint density at radius 2 is 1.88 bits per heavy atom. The molecule has 5 nitrogen and oxygen atoms in total. The van der Waals surface area contributed by atoms with Gasteiger partial charge in [0.05, 0.1) is 23.9 Å². The molecule has 1 N–H and O–H groups in total. The van der Waals surface area contributed by atoms with Crippen molar-refractivity contribution >= 4 is 6.08 Å². The van der Waals surface area contributed by atoms with Crippen LogP contribution in [0.1, 0.15) is 28.9 Å². The molecular formula is C27H26FN5. The quantitative estimate of drug-likeness (QED) is 0.486. The summed E-state index contributed by atoms with van der Waals surface area (Å²) in [5.41, 5.74) is 7.30. The van der Waals surface area contributed by atoms with Crippen LogP contribution < -0.4 is 0 Å². The van der Waals surface area contributed by atoms with Gasteiger partial charge in [0.1, 0.15) is 5.82 Å². The number of aromatic nitrogens is 4. The molecule has 1 atom stereocenters. The first-order valence-corrected chi connectivity index (χ1v) is 11.5. The Morgan fingerprint density at radius 3 is 2.67 bits per heavy atom. The van der Waals surface area contributed by atoms with Gasteiger partial charge in [0.2, 0.25) is 0 Å². The van der Waals surface area contributed by atoms with Crippen LogP contribution in [0.2, 0.25) is 0 Å². The molecule has 166 valence electrons. The SMILES string of the molecule is Fc1ccc(-n2ncc3c2C=C2CCN(Cc4cnc[nH]4)CC2(Cc2ccccc2)C3)cc1. The second-order valence-corrected chi connectivity index (χ2v) is 9.27. The number of imidazole rings is 1. The molecule has 0 saturated carbocycles. The number of nitrogens with zero attached hydrogens (tertiary/aromatic N) is 4. The fourth-order valence-corrected chi connectivity index (χ4v) is 5.51. The van der Waals surface area contributed by atoms with Gasteiger partial charge in [-0.2, -0.15) is 5.10 Å². The molecule has 6 rings (SSSR count). The second kappa shape index (κ2) is 8.12. The lowest BCUT2D eigenvalue weighted by Gasteiger charge is -2.47. The fourth-order valence-electron chi connectivity index (χ4n) is 5.51. The number of benzene rings is 2. The maximum Gasteiger partial charge on any atom is 0.123 e. The van der Waals surface area contributed by atoms with Crippen molar-refractivity contribution < 1.29 is 4.39 Å². The number of fused-ring (bicyclic) bond motifs is 2. The molecule has 4 aromatic rings. The van der Waals surface area contributed by atoms with Crippen molar-refractivity contribution in [2.45, 2.75) is 25.8 Å². The number of halogens is 1. The molecule has 6 heteroatoms. The van der Waals surface area contributed by atoms with Crippen LogP contribution in [0.25, 0.3) is 11.8 Å². The van der Waals surface area contributed by atoms with Gasteiger partial charge >= 0.3 is 0 Å². The lowest BCUT2D eigenvalue weighted by atomic mass is 9.65. The van der Waals surface area contributed by atoms with Crippen LogP contribution in [0.4, 0.5) is 4.39 Å². The van der Waals surface area contributed by atoms with Gasteiger partial charge < -0.3 is 4.98 Å². The first-order valence-electron chi connectivity index (χ1n) is 11.5. The van der Waals surface area contributed by atoms with E-state index in [1.54, 1.807) is 18.5 Å². The predicted octanol–water partition coefficient (Wildman–Crippen LogP) is 4.81. The summed E-state index contributed by atoms with van der Waals surface area (Å²) < 4.78 is 15.4. The molecule has 1 aliphatic heterocycles. The van der Waals surface area contributed by atoms with E-state index in [0.29, 0.717) is 0 Å². The summed E-state index contributed by atoms with van der Waals surface area (Å²) in [5.74, 6) is -0.232. The molecule has 1 saturated heterocycles. The lowest BCUT2D eigenvalue weighted by Crippen LogP contribution is -2.48. The van der Waals surface area contributed by atoms with Crippen LogP contribution in [0.5, 0.6) is 0 Å². The molecule has 0 radical (unpaired) electrons. The van der Waals surface area contributed by atoms with Gasteiger partial charge in [0.25, 0.3) is 0 Å². The van der Waals surface area contributed by atoms with Crippen molar-refractivity contribution in [1.29, 1.82) is 0 Å². The number of hydrogen-bond donors (Lipinski definition) is 1. The third-order valence-corrected chi connectivity index (χ3v) is 7.04. The van der Waals surface area contributed by atoms with Crippen LogP contribution in [-0.4, -0.2) is 37.7 Å². The predicted molar refractivity (Wildman–Crippen MR) is 126 cm³/mol. The monoisotopic (exact) mass is 439 g/mol. The highest BCUT2D eigenvalue weighted by Crippen LogP contribution is 2.46. The van der Waals surface area contributed by atoms with Gasteiger partial charge in [-0.05, 0) is 60.7 Å². The Kier molecular flexibility index (Phi) is 4.95. The van der Waals surface area contributed by atoms with Gasteiger partial charge in [0.15, 0.2) is 0 Å². The lowest BCUT2D eigenvalue weighted by molar-refractivity contribution is 0.130. The van der Waals surface area contributed by atoms with E-state index in [4.69, 9.17) is 5.10 Å². The van der Waals surface area contributed by atoms with E-state index in [2.05, 4.69) is 51.3 Å². The van der Waals surface area contributed by atoms with Crippen LogP contribution in [-0.2, 0) is 19.4 Å². The summed E-state index contributed by atoms with van der Waals surface area (Å²) in [6, 6.07) is 17.4. The van der Waals surface area contributed by atoms with Crippen molar-refractivity contribution in [2.24, 2.45) is 5.41 Å². The van der Waals surface area contributed by atoms with E-state index < -0.39 is 0 Å². The molecular weight excluding hydrogens is 413 g/mol.